The Kier molecular flexibility index (Phi) is 8.95. The Bertz CT molecular complexity index is 927. The largest absolute Gasteiger partial charge is 0.484 e. The molecule has 0 radical (unpaired) electrons. The predicted molar refractivity (Wildman–Crippen MR) is 128 cm³/mol. The monoisotopic (exact) mass is 508 g/mol. The third-order valence-corrected chi connectivity index (χ3v) is 5.93. The molecule has 0 saturated carbocycles. The van der Waals surface area contributed by atoms with E-state index >= 15 is 0 Å². The van der Waals surface area contributed by atoms with E-state index < -0.39 is 11.6 Å². The maximum absolute atomic E-state index is 13.2. The Hall–Kier alpha value is -2.05. The van der Waals surface area contributed by atoms with E-state index in [1.807, 2.05) is 65.0 Å². The van der Waals surface area contributed by atoms with Crippen molar-refractivity contribution in [2.75, 3.05) is 6.61 Å². The van der Waals surface area contributed by atoms with Crippen LogP contribution in [0.2, 0.25) is 5.02 Å². The van der Waals surface area contributed by atoms with Crippen LogP contribution in [0.4, 0.5) is 0 Å². The van der Waals surface area contributed by atoms with E-state index in [-0.39, 0.29) is 25.0 Å². The van der Waals surface area contributed by atoms with Crippen LogP contribution in [0.25, 0.3) is 0 Å². The minimum atomic E-state index is -0.641. The van der Waals surface area contributed by atoms with Gasteiger partial charge in [-0.3, -0.25) is 9.59 Å². The van der Waals surface area contributed by atoms with E-state index in [1.165, 1.54) is 0 Å². The second-order valence-corrected chi connectivity index (χ2v) is 9.74. The van der Waals surface area contributed by atoms with Gasteiger partial charge in [0.05, 0.1) is 0 Å². The molecule has 2 aromatic rings. The summed E-state index contributed by atoms with van der Waals surface area (Å²) in [4.78, 5) is 27.8. The molecule has 31 heavy (non-hydrogen) atoms. The lowest BCUT2D eigenvalue weighted by atomic mass is 10.1. The number of hydrogen-bond donors (Lipinski definition) is 1. The number of benzene rings is 2. The predicted octanol–water partition coefficient (Wildman–Crippen LogP) is 5.51. The van der Waals surface area contributed by atoms with Crippen LogP contribution in [0, 0.1) is 6.92 Å². The quantitative estimate of drug-likeness (QED) is 0.510. The van der Waals surface area contributed by atoms with Crippen LogP contribution in [-0.4, -0.2) is 34.9 Å². The molecule has 168 valence electrons. The first kappa shape index (κ1) is 25.2. The molecular weight excluding hydrogens is 480 g/mol. The normalized spacial score (nSPS) is 12.2. The van der Waals surface area contributed by atoms with Gasteiger partial charge in [0.2, 0.25) is 5.91 Å². The van der Waals surface area contributed by atoms with E-state index in [1.54, 1.807) is 17.0 Å². The minimum Gasteiger partial charge on any atom is -0.484 e. The van der Waals surface area contributed by atoms with Crippen LogP contribution in [0.1, 0.15) is 45.2 Å². The van der Waals surface area contributed by atoms with Crippen molar-refractivity contribution in [1.29, 1.82) is 0 Å². The van der Waals surface area contributed by atoms with Gasteiger partial charge in [-0.15, -0.1) is 0 Å². The highest BCUT2D eigenvalue weighted by Gasteiger charge is 2.31. The van der Waals surface area contributed by atoms with Gasteiger partial charge in [0.15, 0.2) is 6.61 Å². The SMILES string of the molecule is CC[C@H](C(=O)NC(C)(C)C)N(Cc1ccccc1Cl)C(=O)COc1ccc(Br)c(C)c1. The van der Waals surface area contributed by atoms with Gasteiger partial charge in [-0.1, -0.05) is 52.7 Å². The van der Waals surface area contributed by atoms with Gasteiger partial charge in [0, 0.05) is 21.6 Å². The van der Waals surface area contributed by atoms with Crippen molar-refractivity contribution in [2.24, 2.45) is 0 Å². The summed E-state index contributed by atoms with van der Waals surface area (Å²) in [6.07, 6.45) is 0.468. The number of aryl methyl sites for hydroxylation is 1. The van der Waals surface area contributed by atoms with E-state index in [9.17, 15) is 9.59 Å². The van der Waals surface area contributed by atoms with Crippen molar-refractivity contribution < 1.29 is 14.3 Å². The lowest BCUT2D eigenvalue weighted by Gasteiger charge is -2.33. The second-order valence-electron chi connectivity index (χ2n) is 8.48. The standard InChI is InChI=1S/C24H30BrClN2O3/c1-6-21(23(30)27-24(3,4)5)28(14-17-9-7-8-10-20(17)26)22(29)15-31-18-11-12-19(25)16(2)13-18/h7-13,21H,6,14-15H2,1-5H3,(H,27,30)/t21-/m1/s1. The molecule has 2 rings (SSSR count). The number of ether oxygens (including phenoxy) is 1. The van der Waals surface area contributed by atoms with Crippen LogP contribution < -0.4 is 10.1 Å². The smallest absolute Gasteiger partial charge is 0.261 e. The van der Waals surface area contributed by atoms with E-state index in [0.717, 1.165) is 15.6 Å². The first-order valence-electron chi connectivity index (χ1n) is 10.3. The number of nitrogens with zero attached hydrogens (tertiary/aromatic N) is 1. The summed E-state index contributed by atoms with van der Waals surface area (Å²) in [5, 5.41) is 3.53. The Labute approximate surface area is 198 Å². The summed E-state index contributed by atoms with van der Waals surface area (Å²) in [6.45, 7) is 9.62. The van der Waals surface area contributed by atoms with Crippen molar-refractivity contribution in [3.8, 4) is 5.75 Å². The molecule has 0 saturated heterocycles. The molecule has 7 heteroatoms. The topological polar surface area (TPSA) is 58.6 Å². The van der Waals surface area contributed by atoms with Crippen molar-refractivity contribution in [3.63, 3.8) is 0 Å². The summed E-state index contributed by atoms with van der Waals surface area (Å²) in [6, 6.07) is 12.2. The molecule has 0 aliphatic rings. The van der Waals surface area contributed by atoms with Gasteiger partial charge in [0.25, 0.3) is 5.91 Å². The highest BCUT2D eigenvalue weighted by Crippen LogP contribution is 2.23. The number of carbonyl (C=O) groups excluding carboxylic acids is 2. The zero-order valence-corrected chi connectivity index (χ0v) is 21.0. The molecule has 5 nitrogen and oxygen atoms in total. The van der Waals surface area contributed by atoms with Crippen LogP contribution in [0.5, 0.6) is 5.75 Å². The lowest BCUT2D eigenvalue weighted by Crippen LogP contribution is -2.54. The highest BCUT2D eigenvalue weighted by atomic mass is 79.9. The van der Waals surface area contributed by atoms with Gasteiger partial charge < -0.3 is 15.0 Å². The number of amides is 2. The maximum atomic E-state index is 13.2. The number of halogens is 2. The zero-order valence-electron chi connectivity index (χ0n) is 18.7. The van der Waals surface area contributed by atoms with Gasteiger partial charge in [-0.25, -0.2) is 0 Å². The number of hydrogen-bond acceptors (Lipinski definition) is 3. The van der Waals surface area contributed by atoms with Crippen LogP contribution in [0.15, 0.2) is 46.9 Å². The molecule has 0 aromatic heterocycles. The van der Waals surface area contributed by atoms with Crippen LogP contribution in [0.3, 0.4) is 0 Å². The first-order valence-corrected chi connectivity index (χ1v) is 11.4. The fourth-order valence-corrected chi connectivity index (χ4v) is 3.56. The van der Waals surface area contributed by atoms with Crippen LogP contribution in [-0.2, 0) is 16.1 Å². The van der Waals surface area contributed by atoms with Gasteiger partial charge in [-0.2, -0.15) is 0 Å². The van der Waals surface area contributed by atoms with E-state index in [0.29, 0.717) is 17.2 Å². The summed E-state index contributed by atoms with van der Waals surface area (Å²) in [7, 11) is 0. The fraction of sp³-hybridized carbons (Fsp3) is 0.417. The average Bonchev–Trinajstić information content (AvgIpc) is 2.68. The van der Waals surface area contributed by atoms with Crippen molar-refractivity contribution in [1.82, 2.24) is 10.2 Å². The number of carbonyl (C=O) groups is 2. The molecule has 0 unspecified atom stereocenters. The zero-order chi connectivity index (χ0) is 23.2. The van der Waals surface area contributed by atoms with Crippen molar-refractivity contribution in [3.05, 3.63) is 63.1 Å². The highest BCUT2D eigenvalue weighted by molar-refractivity contribution is 9.10. The first-order chi connectivity index (χ1) is 14.5. The number of rotatable bonds is 8. The lowest BCUT2D eigenvalue weighted by molar-refractivity contribution is -0.143. The molecule has 0 aliphatic carbocycles. The summed E-state index contributed by atoms with van der Waals surface area (Å²) >= 11 is 9.79. The fourth-order valence-electron chi connectivity index (χ4n) is 3.12. The summed E-state index contributed by atoms with van der Waals surface area (Å²) < 4.78 is 6.72. The Morgan fingerprint density at radius 1 is 1.19 bits per heavy atom. The maximum Gasteiger partial charge on any atom is 0.261 e. The third kappa shape index (κ3) is 7.54. The molecule has 0 aliphatic heterocycles. The average molecular weight is 510 g/mol. The van der Waals surface area contributed by atoms with Gasteiger partial charge >= 0.3 is 0 Å². The van der Waals surface area contributed by atoms with E-state index in [2.05, 4.69) is 21.2 Å². The molecule has 1 atom stereocenters. The molecule has 0 fully saturated rings. The molecule has 0 bridgehead atoms. The van der Waals surface area contributed by atoms with Crippen molar-refractivity contribution in [2.45, 2.75) is 59.2 Å². The number of nitrogens with one attached hydrogen (secondary N) is 1. The second kappa shape index (κ2) is 11.0. The molecular formula is C24H30BrClN2O3. The Morgan fingerprint density at radius 2 is 1.87 bits per heavy atom. The third-order valence-electron chi connectivity index (χ3n) is 4.67. The molecule has 2 aromatic carbocycles. The Morgan fingerprint density at radius 3 is 2.45 bits per heavy atom. The molecule has 2 amide bonds. The van der Waals surface area contributed by atoms with E-state index in [4.69, 9.17) is 16.3 Å². The molecule has 0 spiro atoms. The van der Waals surface area contributed by atoms with Gasteiger partial charge in [0.1, 0.15) is 11.8 Å². The summed E-state index contributed by atoms with van der Waals surface area (Å²) in [5.74, 6) is 0.116. The van der Waals surface area contributed by atoms with Crippen molar-refractivity contribution >= 4 is 39.3 Å². The summed E-state index contributed by atoms with van der Waals surface area (Å²) in [5.41, 5.74) is 1.38. The molecule has 0 heterocycles. The van der Waals surface area contributed by atoms with Crippen LogP contribution >= 0.6 is 27.5 Å². The Balaban J connectivity index is 2.26. The molecule has 1 N–H and O–H groups in total. The van der Waals surface area contributed by atoms with Gasteiger partial charge in [-0.05, 0) is 69.5 Å². The minimum absolute atomic E-state index is 0.176.